The lowest BCUT2D eigenvalue weighted by Gasteiger charge is -2.33. The van der Waals surface area contributed by atoms with Crippen LogP contribution in [0.4, 0.5) is 0 Å². The minimum absolute atomic E-state index is 0.0511. The predicted octanol–water partition coefficient (Wildman–Crippen LogP) is -0.0714. The maximum atomic E-state index is 13.1. The molecular weight excluding hydrogens is 420 g/mol. The summed E-state index contributed by atoms with van der Waals surface area (Å²) in [6.07, 6.45) is 5.46. The number of aliphatic hydroxyl groups excluding tert-OH is 1. The lowest BCUT2D eigenvalue weighted by Crippen LogP contribution is -2.44. The van der Waals surface area contributed by atoms with Crippen molar-refractivity contribution in [2.24, 2.45) is 0 Å². The fourth-order valence-electron chi connectivity index (χ4n) is 3.99. The van der Waals surface area contributed by atoms with Gasteiger partial charge < -0.3 is 25.2 Å². The van der Waals surface area contributed by atoms with Crippen LogP contribution in [0.1, 0.15) is 38.5 Å². The van der Waals surface area contributed by atoms with Gasteiger partial charge in [-0.2, -0.15) is 0 Å². The SMILES string of the molecule is CN(/C(O)=C(/C(=O)NCC(=O)O)C(=O)N(C=O)CCCN1CCOCC1)C1CCCCC1. The first-order chi connectivity index (χ1) is 15.3. The topological polar surface area (TPSA) is 140 Å². The Balaban J connectivity index is 2.15. The highest BCUT2D eigenvalue weighted by atomic mass is 16.5. The van der Waals surface area contributed by atoms with Crippen molar-refractivity contribution in [1.29, 1.82) is 0 Å². The third-order valence-electron chi connectivity index (χ3n) is 5.89. The zero-order valence-corrected chi connectivity index (χ0v) is 18.6. The molecule has 1 aliphatic carbocycles. The van der Waals surface area contributed by atoms with Crippen LogP contribution in [0, 0.1) is 0 Å². The van der Waals surface area contributed by atoms with Crippen molar-refractivity contribution in [2.45, 2.75) is 44.6 Å². The van der Waals surface area contributed by atoms with Crippen molar-refractivity contribution in [2.75, 3.05) is 53.0 Å². The van der Waals surface area contributed by atoms with E-state index in [9.17, 15) is 24.3 Å². The molecule has 0 bridgehead atoms. The summed E-state index contributed by atoms with van der Waals surface area (Å²) in [5.74, 6) is -3.82. The van der Waals surface area contributed by atoms with Crippen LogP contribution >= 0.6 is 0 Å². The van der Waals surface area contributed by atoms with Gasteiger partial charge in [-0.25, -0.2) is 0 Å². The van der Waals surface area contributed by atoms with Crippen LogP contribution in [0.15, 0.2) is 11.5 Å². The molecule has 0 aromatic heterocycles. The largest absolute Gasteiger partial charge is 0.494 e. The summed E-state index contributed by atoms with van der Waals surface area (Å²) < 4.78 is 5.30. The van der Waals surface area contributed by atoms with E-state index >= 15 is 0 Å². The number of rotatable bonds is 11. The van der Waals surface area contributed by atoms with Gasteiger partial charge in [0.1, 0.15) is 6.54 Å². The fourth-order valence-corrected chi connectivity index (χ4v) is 3.99. The molecule has 3 amide bonds. The highest BCUT2D eigenvalue weighted by Gasteiger charge is 2.32. The van der Waals surface area contributed by atoms with Crippen molar-refractivity contribution < 1.29 is 34.1 Å². The molecule has 0 atom stereocenters. The highest BCUT2D eigenvalue weighted by molar-refractivity contribution is 6.20. The molecule has 1 saturated carbocycles. The molecule has 1 aliphatic heterocycles. The molecule has 0 aromatic carbocycles. The number of nitrogens with one attached hydrogen (secondary N) is 1. The van der Waals surface area contributed by atoms with Crippen LogP contribution < -0.4 is 5.32 Å². The van der Waals surface area contributed by atoms with Gasteiger partial charge in [0.2, 0.25) is 12.3 Å². The van der Waals surface area contributed by atoms with Crippen molar-refractivity contribution in [3.63, 3.8) is 0 Å². The molecule has 0 spiro atoms. The Labute approximate surface area is 188 Å². The van der Waals surface area contributed by atoms with Gasteiger partial charge in [0, 0.05) is 39.3 Å². The van der Waals surface area contributed by atoms with Crippen molar-refractivity contribution in [1.82, 2.24) is 20.0 Å². The average molecular weight is 455 g/mol. The summed E-state index contributed by atoms with van der Waals surface area (Å²) in [5.41, 5.74) is -0.627. The molecule has 3 N–H and O–H groups in total. The second-order valence-electron chi connectivity index (χ2n) is 8.09. The molecule has 0 aromatic rings. The Morgan fingerprint density at radius 1 is 1.12 bits per heavy atom. The molecule has 2 fully saturated rings. The van der Waals surface area contributed by atoms with Gasteiger partial charge in [-0.3, -0.25) is 29.0 Å². The standard InChI is InChI=1S/C21H34N4O7/c1-23(16-6-3-2-4-7-16)20(30)18(19(29)22-14-17(27)28)21(31)25(15-26)9-5-8-24-10-12-32-13-11-24/h15-16,30H,2-14H2,1H3,(H,22,29)(H,27,28)/b20-18+. The van der Waals surface area contributed by atoms with E-state index in [0.717, 1.165) is 50.1 Å². The van der Waals surface area contributed by atoms with Crippen molar-refractivity contribution >= 4 is 24.2 Å². The molecule has 2 rings (SSSR count). The normalized spacial score (nSPS) is 18.4. The molecular formula is C21H34N4O7. The van der Waals surface area contributed by atoms with Gasteiger partial charge >= 0.3 is 5.97 Å². The molecule has 2 aliphatic rings. The van der Waals surface area contributed by atoms with Crippen LogP contribution in [-0.2, 0) is 23.9 Å². The second-order valence-corrected chi connectivity index (χ2v) is 8.09. The number of amides is 3. The first-order valence-corrected chi connectivity index (χ1v) is 11.1. The van der Waals surface area contributed by atoms with E-state index in [2.05, 4.69) is 10.2 Å². The summed E-state index contributed by atoms with van der Waals surface area (Å²) >= 11 is 0. The number of ether oxygens (including phenoxy) is 1. The number of carbonyl (C=O) groups excluding carboxylic acids is 3. The van der Waals surface area contributed by atoms with Crippen LogP contribution in [0.3, 0.4) is 0 Å². The maximum Gasteiger partial charge on any atom is 0.322 e. The smallest absolute Gasteiger partial charge is 0.322 e. The maximum absolute atomic E-state index is 13.1. The lowest BCUT2D eigenvalue weighted by atomic mass is 9.94. The molecule has 32 heavy (non-hydrogen) atoms. The monoisotopic (exact) mass is 454 g/mol. The Kier molecular flexibility index (Phi) is 10.4. The summed E-state index contributed by atoms with van der Waals surface area (Å²) in [4.78, 5) is 52.7. The molecule has 11 heteroatoms. The number of nitrogens with zero attached hydrogens (tertiary/aromatic N) is 3. The molecule has 11 nitrogen and oxygen atoms in total. The lowest BCUT2D eigenvalue weighted by molar-refractivity contribution is -0.140. The minimum Gasteiger partial charge on any atom is -0.494 e. The number of carboxylic acid groups (broad SMARTS) is 1. The van der Waals surface area contributed by atoms with Crippen LogP contribution in [0.2, 0.25) is 0 Å². The number of hydrogen-bond acceptors (Lipinski definition) is 8. The molecule has 0 unspecified atom stereocenters. The third kappa shape index (κ3) is 7.49. The third-order valence-corrected chi connectivity index (χ3v) is 5.89. The summed E-state index contributed by atoms with van der Waals surface area (Å²) in [5, 5.41) is 21.8. The van der Waals surface area contributed by atoms with Gasteiger partial charge in [0.15, 0.2) is 5.57 Å². The zero-order valence-electron chi connectivity index (χ0n) is 18.6. The van der Waals surface area contributed by atoms with Crippen molar-refractivity contribution in [3.05, 3.63) is 11.5 Å². The summed E-state index contributed by atoms with van der Waals surface area (Å²) in [6, 6.07) is -0.0511. The number of aliphatic hydroxyl groups is 1. The van der Waals surface area contributed by atoms with Crippen LogP contribution in [0.25, 0.3) is 0 Å². The molecule has 0 radical (unpaired) electrons. The van der Waals surface area contributed by atoms with Gasteiger partial charge in [-0.15, -0.1) is 0 Å². The Bertz CT molecular complexity index is 700. The average Bonchev–Trinajstić information content (AvgIpc) is 2.81. The Morgan fingerprint density at radius 3 is 2.38 bits per heavy atom. The van der Waals surface area contributed by atoms with Crippen molar-refractivity contribution in [3.8, 4) is 0 Å². The number of imide groups is 1. The highest BCUT2D eigenvalue weighted by Crippen LogP contribution is 2.25. The van der Waals surface area contributed by atoms with E-state index in [1.165, 1.54) is 4.90 Å². The fraction of sp³-hybridized carbons (Fsp3) is 0.714. The van der Waals surface area contributed by atoms with Gasteiger partial charge in [-0.05, 0) is 19.3 Å². The Morgan fingerprint density at radius 2 is 1.78 bits per heavy atom. The van der Waals surface area contributed by atoms with Gasteiger partial charge in [0.25, 0.3) is 11.8 Å². The second kappa shape index (κ2) is 13.0. The van der Waals surface area contributed by atoms with E-state index in [-0.39, 0.29) is 12.6 Å². The molecule has 1 saturated heterocycles. The summed E-state index contributed by atoms with van der Waals surface area (Å²) in [7, 11) is 1.59. The molecule has 180 valence electrons. The van der Waals surface area contributed by atoms with E-state index in [4.69, 9.17) is 9.84 Å². The zero-order chi connectivity index (χ0) is 23.5. The number of hydrogen-bond donors (Lipinski definition) is 3. The number of morpholine rings is 1. The minimum atomic E-state index is -1.29. The first-order valence-electron chi connectivity index (χ1n) is 11.1. The number of aliphatic carboxylic acids is 1. The van der Waals surface area contributed by atoms with Crippen LogP contribution in [0.5, 0.6) is 0 Å². The summed E-state index contributed by atoms with van der Waals surface area (Å²) in [6.45, 7) is 2.81. The van der Waals surface area contributed by atoms with Gasteiger partial charge in [-0.1, -0.05) is 19.3 Å². The van der Waals surface area contributed by atoms with E-state index in [1.807, 2.05) is 0 Å². The quantitative estimate of drug-likeness (QED) is 0.129. The predicted molar refractivity (Wildman–Crippen MR) is 115 cm³/mol. The Hall–Kier alpha value is -2.66. The number of carbonyl (C=O) groups is 4. The molecule has 1 heterocycles. The van der Waals surface area contributed by atoms with E-state index < -0.39 is 35.8 Å². The van der Waals surface area contributed by atoms with Gasteiger partial charge in [0.05, 0.1) is 13.2 Å². The van der Waals surface area contributed by atoms with E-state index in [0.29, 0.717) is 32.6 Å². The first kappa shape index (κ1) is 25.6. The van der Waals surface area contributed by atoms with Crippen LogP contribution in [-0.4, -0.2) is 108 Å². The van der Waals surface area contributed by atoms with E-state index in [1.54, 1.807) is 7.05 Å². The number of carboxylic acids is 1.